The van der Waals surface area contributed by atoms with E-state index < -0.39 is 86.8 Å². The van der Waals surface area contributed by atoms with E-state index in [4.69, 9.17) is 18.9 Å². The number of carbonyl (C=O) groups excluding carboxylic acids is 1. The number of allylic oxidation sites excluding steroid dienone is 3. The summed E-state index contributed by atoms with van der Waals surface area (Å²) in [6.07, 6.45) is 49.4. The maximum Gasteiger partial charge on any atom is 0.220 e. The third kappa shape index (κ3) is 37.9. The van der Waals surface area contributed by atoms with Gasteiger partial charge in [-0.05, 0) is 44.9 Å². The molecule has 2 heterocycles. The topological polar surface area (TPSA) is 228 Å². The molecule has 9 N–H and O–H groups in total. The molecule has 0 spiro atoms. The summed E-state index contributed by atoms with van der Waals surface area (Å²) >= 11 is 0. The number of aliphatic hydroxyl groups is 8. The van der Waals surface area contributed by atoms with E-state index in [2.05, 4.69) is 31.3 Å². The minimum absolute atomic E-state index is 0.237. The molecule has 0 saturated carbocycles. The lowest BCUT2D eigenvalue weighted by atomic mass is 9.97. The largest absolute Gasteiger partial charge is 0.394 e. The van der Waals surface area contributed by atoms with Crippen molar-refractivity contribution in [3.63, 3.8) is 0 Å². The van der Waals surface area contributed by atoms with Crippen LogP contribution in [-0.4, -0.2) is 140 Å². The van der Waals surface area contributed by atoms with Crippen molar-refractivity contribution >= 4 is 5.91 Å². The van der Waals surface area contributed by atoms with Crippen LogP contribution in [0.3, 0.4) is 0 Å². The number of nitrogens with one attached hydrogen (secondary N) is 1. The molecule has 2 fully saturated rings. The Balaban J connectivity index is 1.69. The van der Waals surface area contributed by atoms with Crippen molar-refractivity contribution in [1.29, 1.82) is 0 Å². The van der Waals surface area contributed by atoms with E-state index in [9.17, 15) is 45.6 Å². The van der Waals surface area contributed by atoms with Crippen molar-refractivity contribution in [3.05, 3.63) is 24.3 Å². The molecule has 2 rings (SSSR count). The molecule has 0 aliphatic carbocycles. The van der Waals surface area contributed by atoms with E-state index in [1.165, 1.54) is 244 Å². The zero-order valence-electron chi connectivity index (χ0n) is 52.5. The van der Waals surface area contributed by atoms with Gasteiger partial charge in [0.1, 0.15) is 48.8 Å². The molecule has 14 heteroatoms. The molecule has 2 aliphatic rings. The highest BCUT2D eigenvalue weighted by atomic mass is 16.7. The van der Waals surface area contributed by atoms with Crippen LogP contribution in [0.4, 0.5) is 0 Å². The van der Waals surface area contributed by atoms with Gasteiger partial charge in [0, 0.05) is 6.42 Å². The highest BCUT2D eigenvalue weighted by Crippen LogP contribution is 2.30. The summed E-state index contributed by atoms with van der Waals surface area (Å²) in [4.78, 5) is 13.3. The van der Waals surface area contributed by atoms with Gasteiger partial charge in [-0.3, -0.25) is 4.79 Å². The van der Waals surface area contributed by atoms with E-state index in [0.717, 1.165) is 38.5 Å². The fourth-order valence-electron chi connectivity index (χ4n) is 11.6. The Morgan fingerprint density at radius 1 is 0.427 bits per heavy atom. The summed E-state index contributed by atoms with van der Waals surface area (Å²) in [7, 11) is 0. The number of aliphatic hydroxyl groups excluding tert-OH is 8. The highest BCUT2D eigenvalue weighted by Gasteiger charge is 2.51. The average Bonchev–Trinajstić information content (AvgIpc) is 3.66. The van der Waals surface area contributed by atoms with E-state index in [-0.39, 0.29) is 18.9 Å². The maximum absolute atomic E-state index is 13.3. The van der Waals surface area contributed by atoms with Crippen LogP contribution in [0.15, 0.2) is 24.3 Å². The Morgan fingerprint density at radius 2 is 0.768 bits per heavy atom. The SMILES string of the molecule is CCCCCCCCCC/C=C\CCCCCCCCCCCC(=O)NC(COC1OC(CO)C(OC2OC(CO)C(O)C(O)C2O)C(O)C1O)C(O)/C=C/CCCCCCCCCCCCCCCCCCCCCCCCCCC. The molecule has 82 heavy (non-hydrogen) atoms. The normalized spacial score (nSPS) is 24.0. The molecule has 0 aromatic carbocycles. The van der Waals surface area contributed by atoms with Crippen molar-refractivity contribution in [2.24, 2.45) is 0 Å². The van der Waals surface area contributed by atoms with Crippen LogP contribution >= 0.6 is 0 Å². The van der Waals surface area contributed by atoms with Gasteiger partial charge in [0.2, 0.25) is 5.91 Å². The minimum Gasteiger partial charge on any atom is -0.394 e. The number of hydrogen-bond donors (Lipinski definition) is 9. The monoisotopic (exact) mass is 1170 g/mol. The Labute approximate surface area is 500 Å². The number of unbranched alkanes of at least 4 members (excludes halogenated alkanes) is 42. The fourth-order valence-corrected chi connectivity index (χ4v) is 11.6. The Morgan fingerprint density at radius 3 is 1.16 bits per heavy atom. The molecule has 0 aromatic rings. The molecule has 0 aromatic heterocycles. The summed E-state index contributed by atoms with van der Waals surface area (Å²) < 4.78 is 22.9. The van der Waals surface area contributed by atoms with Crippen LogP contribution in [-0.2, 0) is 23.7 Å². The molecular weight excluding hydrogens is 1040 g/mol. The van der Waals surface area contributed by atoms with Crippen LogP contribution in [0, 0.1) is 0 Å². The second-order valence-electron chi connectivity index (χ2n) is 24.7. The van der Waals surface area contributed by atoms with Gasteiger partial charge in [-0.25, -0.2) is 0 Å². The molecule has 0 bridgehead atoms. The molecule has 12 atom stereocenters. The summed E-state index contributed by atoms with van der Waals surface area (Å²) in [6, 6.07) is -0.915. The number of ether oxygens (including phenoxy) is 4. The zero-order chi connectivity index (χ0) is 59.5. The molecular formula is C68H129NO13. The van der Waals surface area contributed by atoms with Crippen LogP contribution in [0.25, 0.3) is 0 Å². The van der Waals surface area contributed by atoms with Crippen LogP contribution in [0.2, 0.25) is 0 Å². The van der Waals surface area contributed by atoms with Gasteiger partial charge >= 0.3 is 0 Å². The Kier molecular flexibility index (Phi) is 50.1. The predicted octanol–water partition coefficient (Wildman–Crippen LogP) is 13.6. The van der Waals surface area contributed by atoms with Crippen LogP contribution < -0.4 is 5.32 Å². The van der Waals surface area contributed by atoms with Gasteiger partial charge < -0.3 is 65.1 Å². The molecule has 0 radical (unpaired) electrons. The van der Waals surface area contributed by atoms with E-state index in [0.29, 0.717) is 6.42 Å². The van der Waals surface area contributed by atoms with E-state index in [1.807, 2.05) is 6.08 Å². The average molecular weight is 1170 g/mol. The molecule has 1 amide bonds. The van der Waals surface area contributed by atoms with Crippen molar-refractivity contribution in [3.8, 4) is 0 Å². The molecule has 2 aliphatic heterocycles. The first kappa shape index (κ1) is 76.6. The van der Waals surface area contributed by atoms with Crippen molar-refractivity contribution in [2.45, 2.75) is 383 Å². The fraction of sp³-hybridized carbons (Fsp3) is 0.926. The lowest BCUT2D eigenvalue weighted by Gasteiger charge is -2.46. The first-order valence-electron chi connectivity index (χ1n) is 34.6. The third-order valence-electron chi connectivity index (χ3n) is 17.1. The number of amides is 1. The predicted molar refractivity (Wildman–Crippen MR) is 332 cm³/mol. The van der Waals surface area contributed by atoms with Crippen molar-refractivity contribution in [2.75, 3.05) is 19.8 Å². The quantitative estimate of drug-likeness (QED) is 0.0204. The van der Waals surface area contributed by atoms with Crippen molar-refractivity contribution < 1.29 is 64.6 Å². The molecule has 12 unspecified atom stereocenters. The van der Waals surface area contributed by atoms with Gasteiger partial charge in [-0.2, -0.15) is 0 Å². The number of rotatable bonds is 57. The van der Waals surface area contributed by atoms with Gasteiger partial charge in [0.15, 0.2) is 12.6 Å². The maximum atomic E-state index is 13.3. The number of hydrogen-bond acceptors (Lipinski definition) is 13. The van der Waals surface area contributed by atoms with E-state index in [1.54, 1.807) is 6.08 Å². The van der Waals surface area contributed by atoms with Gasteiger partial charge in [-0.1, -0.05) is 282 Å². The standard InChI is InChI=1S/C68H129NO13/c1-3-5-7-9-11-13-15-17-19-21-23-25-26-27-28-29-30-32-33-35-37-39-41-43-45-47-49-51-57(72)56(55-79-67-65(78)63(76)66(59(54-71)81-67)82-68-64(77)62(75)61(74)58(53-70)80-68)69-60(73)52-50-48-46-44-42-40-38-36-34-31-24-22-20-18-16-14-12-10-8-6-4-2/h22,24,49,51,56-59,61-68,70-72,74-78H,3-21,23,25-48,50,52-55H2,1-2H3,(H,69,73)/b24-22-,51-49+. The lowest BCUT2D eigenvalue weighted by Crippen LogP contribution is -2.65. The van der Waals surface area contributed by atoms with E-state index >= 15 is 0 Å². The summed E-state index contributed by atoms with van der Waals surface area (Å²) in [5.74, 6) is -0.237. The summed E-state index contributed by atoms with van der Waals surface area (Å²) in [5, 5.41) is 87.4. The highest BCUT2D eigenvalue weighted by molar-refractivity contribution is 5.76. The first-order chi connectivity index (χ1) is 40.1. The van der Waals surface area contributed by atoms with Gasteiger partial charge in [0.05, 0.1) is 32.0 Å². The first-order valence-corrected chi connectivity index (χ1v) is 34.6. The minimum atomic E-state index is -1.79. The molecule has 14 nitrogen and oxygen atoms in total. The summed E-state index contributed by atoms with van der Waals surface area (Å²) in [5.41, 5.74) is 0. The number of carbonyl (C=O) groups is 1. The van der Waals surface area contributed by atoms with Gasteiger partial charge in [-0.15, -0.1) is 0 Å². The van der Waals surface area contributed by atoms with Crippen molar-refractivity contribution in [1.82, 2.24) is 5.32 Å². The Hall–Kier alpha value is -1.53. The second-order valence-corrected chi connectivity index (χ2v) is 24.7. The smallest absolute Gasteiger partial charge is 0.220 e. The molecule has 484 valence electrons. The lowest BCUT2D eigenvalue weighted by molar-refractivity contribution is -0.359. The second kappa shape index (κ2) is 53.7. The van der Waals surface area contributed by atoms with Gasteiger partial charge in [0.25, 0.3) is 0 Å². The van der Waals surface area contributed by atoms with Crippen LogP contribution in [0.5, 0.6) is 0 Å². The Bertz CT molecular complexity index is 1470. The van der Waals surface area contributed by atoms with Crippen LogP contribution in [0.1, 0.15) is 309 Å². The summed E-state index contributed by atoms with van der Waals surface area (Å²) in [6.45, 7) is 2.84. The zero-order valence-corrected chi connectivity index (χ0v) is 52.5. The molecule has 2 saturated heterocycles. The third-order valence-corrected chi connectivity index (χ3v) is 17.1.